The fourth-order valence-electron chi connectivity index (χ4n) is 4.05. The van der Waals surface area contributed by atoms with Crippen LogP contribution in [0.2, 0.25) is 0 Å². The van der Waals surface area contributed by atoms with Crippen LogP contribution in [0.3, 0.4) is 0 Å². The van der Waals surface area contributed by atoms with Crippen molar-refractivity contribution >= 4 is 26.2 Å². The second-order valence-corrected chi connectivity index (χ2v) is 12.0. The molecule has 0 amide bonds. The van der Waals surface area contributed by atoms with Gasteiger partial charge in [0.05, 0.1) is 6.61 Å². The molecule has 0 aliphatic carbocycles. The van der Waals surface area contributed by atoms with Crippen molar-refractivity contribution in [1.82, 2.24) is 0 Å². The second kappa shape index (κ2) is 25.1. The van der Waals surface area contributed by atoms with Gasteiger partial charge in [-0.05, 0) is 31.9 Å². The Morgan fingerprint density at radius 3 is 1.78 bits per heavy atom. The van der Waals surface area contributed by atoms with E-state index in [0.717, 1.165) is 18.6 Å². The van der Waals surface area contributed by atoms with Gasteiger partial charge in [0.15, 0.2) is 0 Å². The Balaban J connectivity index is 4.60. The molecule has 0 aliphatic heterocycles. The zero-order chi connectivity index (χ0) is 26.9. The summed E-state index contributed by atoms with van der Waals surface area (Å²) in [7, 11) is -0.782. The molecular weight excluding hydrogens is 495 g/mol. The molecule has 6 nitrogen and oxygen atoms in total. The fourth-order valence-corrected chi connectivity index (χ4v) is 5.67. The smallest absolute Gasteiger partial charge is 0.380 e. The lowest BCUT2D eigenvalue weighted by Crippen LogP contribution is -2.41. The standard InChI is InChI=1S/C28H55O6PS/c1-5-8-10-12-14-15-17-19-21-24-36-26(22-20-18-16-13-11-9-6-2)25(4)33-34-28(35-31,27(29)30)32-23-7-3/h25-26H,5-24H2,1-4H3,(H,29,30). The molecule has 0 fully saturated rings. The van der Waals surface area contributed by atoms with Crippen molar-refractivity contribution in [2.75, 3.05) is 12.4 Å². The Kier molecular flexibility index (Phi) is 25.0. The van der Waals surface area contributed by atoms with Crippen LogP contribution in [0.1, 0.15) is 143 Å². The number of carboxylic acids is 1. The summed E-state index contributed by atoms with van der Waals surface area (Å²) in [5.41, 5.74) is -2.31. The maximum atomic E-state index is 11.7. The summed E-state index contributed by atoms with van der Waals surface area (Å²) in [4.78, 5) is 22.4. The molecule has 214 valence electrons. The van der Waals surface area contributed by atoms with E-state index in [1.165, 1.54) is 96.3 Å². The molecule has 1 N–H and O–H groups in total. The fraction of sp³-hybridized carbons (Fsp3) is 0.964. The quantitative estimate of drug-likeness (QED) is 0.0341. The lowest BCUT2D eigenvalue weighted by Gasteiger charge is -2.27. The molecule has 3 atom stereocenters. The third-order valence-electron chi connectivity index (χ3n) is 6.40. The van der Waals surface area contributed by atoms with Crippen LogP contribution >= 0.6 is 20.2 Å². The minimum Gasteiger partial charge on any atom is -0.477 e. The van der Waals surface area contributed by atoms with E-state index in [1.807, 2.05) is 25.6 Å². The summed E-state index contributed by atoms with van der Waals surface area (Å²) in [5.74, 6) is -0.397. The summed E-state index contributed by atoms with van der Waals surface area (Å²) in [6.07, 6.45) is 21.8. The maximum Gasteiger partial charge on any atom is 0.380 e. The van der Waals surface area contributed by atoms with Crippen LogP contribution in [0, 0.1) is 0 Å². The van der Waals surface area contributed by atoms with E-state index in [2.05, 4.69) is 13.8 Å². The topological polar surface area (TPSA) is 82.1 Å². The number of unbranched alkanes of at least 4 members (excludes halogenated alkanes) is 14. The van der Waals surface area contributed by atoms with Crippen LogP contribution < -0.4 is 0 Å². The SMILES string of the molecule is CCCCCCCCCCCSC(CCCCCCCCC)C(C)OOC(OCCC)(P=O)C(=O)O. The van der Waals surface area contributed by atoms with Crippen LogP contribution in [-0.2, 0) is 23.9 Å². The van der Waals surface area contributed by atoms with E-state index in [9.17, 15) is 14.5 Å². The van der Waals surface area contributed by atoms with Gasteiger partial charge in [0.1, 0.15) is 6.10 Å². The van der Waals surface area contributed by atoms with Gasteiger partial charge in [-0.15, -0.1) is 0 Å². The highest BCUT2D eigenvalue weighted by Gasteiger charge is 2.45. The molecule has 0 radical (unpaired) electrons. The minimum absolute atomic E-state index is 0.119. The first kappa shape index (κ1) is 35.8. The summed E-state index contributed by atoms with van der Waals surface area (Å²) < 4.78 is 16.9. The Bertz CT molecular complexity index is 524. The second-order valence-electron chi connectivity index (χ2n) is 9.86. The van der Waals surface area contributed by atoms with Gasteiger partial charge >= 0.3 is 11.5 Å². The Labute approximate surface area is 227 Å². The number of aliphatic carboxylic acids is 1. The van der Waals surface area contributed by atoms with Crippen LogP contribution in [0.4, 0.5) is 0 Å². The van der Waals surface area contributed by atoms with Gasteiger partial charge in [-0.1, -0.05) is 117 Å². The van der Waals surface area contributed by atoms with Crippen LogP contribution in [0.25, 0.3) is 0 Å². The number of hydrogen-bond acceptors (Lipinski definition) is 6. The molecule has 36 heavy (non-hydrogen) atoms. The van der Waals surface area contributed by atoms with E-state index in [-0.39, 0.29) is 18.0 Å². The van der Waals surface area contributed by atoms with Gasteiger partial charge in [0, 0.05) is 5.25 Å². The first-order valence-corrected chi connectivity index (χ1v) is 16.5. The molecule has 0 bridgehead atoms. The lowest BCUT2D eigenvalue weighted by atomic mass is 10.1. The number of hydrogen-bond donors (Lipinski definition) is 1. The third kappa shape index (κ3) is 18.1. The molecule has 0 rings (SSSR count). The largest absolute Gasteiger partial charge is 0.477 e. The molecule has 3 unspecified atom stereocenters. The molecule has 0 saturated carbocycles. The minimum atomic E-state index is -2.31. The molecule has 0 aromatic rings. The summed E-state index contributed by atoms with van der Waals surface area (Å²) in [5, 5.41) is 9.72. The number of carboxylic acid groups (broad SMARTS) is 1. The normalized spacial score (nSPS) is 15.1. The van der Waals surface area contributed by atoms with Gasteiger partial charge in [-0.3, -0.25) is 4.57 Å². The molecule has 0 saturated heterocycles. The maximum absolute atomic E-state index is 11.7. The van der Waals surface area contributed by atoms with E-state index < -0.39 is 20.0 Å². The van der Waals surface area contributed by atoms with Gasteiger partial charge in [-0.2, -0.15) is 16.6 Å². The Hall–Kier alpha value is -0.200. The van der Waals surface area contributed by atoms with E-state index >= 15 is 0 Å². The van der Waals surface area contributed by atoms with Gasteiger partial charge in [-0.25, -0.2) is 9.68 Å². The first-order chi connectivity index (χ1) is 17.5. The number of thioether (sulfide) groups is 1. The van der Waals surface area contributed by atoms with Gasteiger partial charge in [0.2, 0.25) is 8.46 Å². The molecule has 0 aromatic carbocycles. The highest BCUT2D eigenvalue weighted by Crippen LogP contribution is 2.31. The molecular formula is C28H55O6PS. The van der Waals surface area contributed by atoms with Crippen molar-refractivity contribution in [1.29, 1.82) is 0 Å². The summed E-state index contributed by atoms with van der Waals surface area (Å²) in [6.45, 7) is 8.36. The van der Waals surface area contributed by atoms with Crippen LogP contribution in [-0.4, -0.2) is 40.3 Å². The number of carbonyl (C=O) groups is 1. The van der Waals surface area contributed by atoms with Crippen molar-refractivity contribution < 1.29 is 29.0 Å². The van der Waals surface area contributed by atoms with Crippen molar-refractivity contribution in [3.8, 4) is 0 Å². The van der Waals surface area contributed by atoms with Gasteiger partial charge < -0.3 is 9.84 Å². The predicted molar refractivity (Wildman–Crippen MR) is 152 cm³/mol. The predicted octanol–water partition coefficient (Wildman–Crippen LogP) is 9.55. The molecule has 0 aliphatic rings. The lowest BCUT2D eigenvalue weighted by molar-refractivity contribution is -0.402. The van der Waals surface area contributed by atoms with E-state index in [1.54, 1.807) is 0 Å². The van der Waals surface area contributed by atoms with Crippen molar-refractivity contribution in [2.45, 2.75) is 160 Å². The van der Waals surface area contributed by atoms with E-state index in [0.29, 0.717) is 6.42 Å². The molecule has 0 aromatic heterocycles. The summed E-state index contributed by atoms with van der Waals surface area (Å²) >= 11 is 1.89. The molecule has 8 heteroatoms. The first-order valence-electron chi connectivity index (χ1n) is 14.6. The highest BCUT2D eigenvalue weighted by atomic mass is 32.2. The van der Waals surface area contributed by atoms with Gasteiger partial charge in [0.25, 0.3) is 0 Å². The summed E-state index contributed by atoms with van der Waals surface area (Å²) in [6, 6.07) is 0. The molecule has 0 spiro atoms. The zero-order valence-corrected chi connectivity index (χ0v) is 25.4. The average Bonchev–Trinajstić information content (AvgIpc) is 2.88. The Morgan fingerprint density at radius 1 is 0.806 bits per heavy atom. The van der Waals surface area contributed by atoms with Crippen molar-refractivity contribution in [3.63, 3.8) is 0 Å². The Morgan fingerprint density at radius 2 is 1.31 bits per heavy atom. The monoisotopic (exact) mass is 550 g/mol. The highest BCUT2D eigenvalue weighted by molar-refractivity contribution is 7.99. The van der Waals surface area contributed by atoms with E-state index in [4.69, 9.17) is 14.5 Å². The third-order valence-corrected chi connectivity index (χ3v) is 8.61. The van der Waals surface area contributed by atoms with Crippen molar-refractivity contribution in [2.24, 2.45) is 0 Å². The number of rotatable bonds is 28. The number of ether oxygens (including phenoxy) is 1. The average molecular weight is 551 g/mol. The van der Waals surface area contributed by atoms with Crippen LogP contribution in [0.15, 0.2) is 0 Å². The van der Waals surface area contributed by atoms with Crippen LogP contribution in [0.5, 0.6) is 0 Å². The molecule has 0 heterocycles. The zero-order valence-electron chi connectivity index (χ0n) is 23.6. The van der Waals surface area contributed by atoms with Crippen molar-refractivity contribution in [3.05, 3.63) is 0 Å².